The molecule has 0 saturated heterocycles. The quantitative estimate of drug-likeness (QED) is 0.0160. The predicted molar refractivity (Wildman–Crippen MR) is 428 cm³/mol. The molecular formula is C83H117BO43U. The molecule has 0 fully saturated rings. The van der Waals surface area contributed by atoms with Crippen LogP contribution in [0.25, 0.3) is 0 Å². The molecule has 0 bridgehead atoms. The van der Waals surface area contributed by atoms with E-state index < -0.39 is 319 Å². The molecule has 43 nitrogen and oxygen atoms in total. The maximum Gasteiger partial charge on any atom is 0.330 e. The molecule has 0 aliphatic heterocycles. The van der Waals surface area contributed by atoms with E-state index in [0.29, 0.717) is 26.1 Å². The van der Waals surface area contributed by atoms with Crippen molar-refractivity contribution in [3.8, 4) is 0 Å². The van der Waals surface area contributed by atoms with Gasteiger partial charge in [0.1, 0.15) is 160 Å². The largest absolute Gasteiger partial charge is 0.463 e. The van der Waals surface area contributed by atoms with E-state index in [9.17, 15) is 125 Å². The zero-order valence-corrected chi connectivity index (χ0v) is 78.5. The van der Waals surface area contributed by atoms with Crippen molar-refractivity contribution in [2.45, 2.75) is 230 Å². The molecule has 8 atom stereocenters. The van der Waals surface area contributed by atoms with Crippen molar-refractivity contribution in [3.05, 3.63) is 25.3 Å². The van der Waals surface area contributed by atoms with E-state index in [-0.39, 0.29) is 69.1 Å². The molecule has 0 aliphatic carbocycles. The molecule has 0 N–H and O–H groups in total. The Hall–Kier alpha value is -11.4. The number of esters is 17. The summed E-state index contributed by atoms with van der Waals surface area (Å²) >= 11 is 0. The van der Waals surface area contributed by atoms with Gasteiger partial charge in [0.05, 0.1) is 13.2 Å². The molecule has 2 radical (unpaired) electrons. The minimum atomic E-state index is -1.71. The number of hydrogen-bond donors (Lipinski definition) is 0. The van der Waals surface area contributed by atoms with Crippen molar-refractivity contribution >= 4 is 162 Å². The minimum absolute atomic E-state index is 0. The third-order valence-corrected chi connectivity index (χ3v) is 16.4. The summed E-state index contributed by atoms with van der Waals surface area (Å²) in [5.74, 6) is -30.3. The van der Waals surface area contributed by atoms with Crippen LogP contribution in [0.5, 0.6) is 0 Å². The fourth-order valence-electron chi connectivity index (χ4n) is 9.13. The SMILES string of the molecule is C=CC(=O)OCCCCCCOC(=O)C=C.CC(=O)CC(=O)OCC(COC(=O)CC(C)=O)OC(=O)CC(C)=O.CCCC(=O)OCCOC(=O)CCC(C(C)=O)C(=O)OCC(COC(=O)C(C)C(C)=O)OC(=O)C(CCC(=O)OCOC(=O)CCC(C(C)=O)C(=O)OC(COC(=O)C(C)C(C)=O)COC(=O)C(CCC(=O)OCOC(=O)CCC)C(C)=O)C(C)=O.[2H][B].[U]. The van der Waals surface area contributed by atoms with Gasteiger partial charge in [0, 0.05) is 90.2 Å². The first-order chi connectivity index (χ1) is 60.2. The Morgan fingerprint density at radius 3 is 0.805 bits per heavy atom. The minimum Gasteiger partial charge on any atom is -0.463 e. The van der Waals surface area contributed by atoms with E-state index in [1.54, 1.807) is 13.8 Å². The Morgan fingerprint density at radius 2 is 0.531 bits per heavy atom. The van der Waals surface area contributed by atoms with Gasteiger partial charge in [-0.3, -0.25) is 115 Å². The zero-order valence-electron chi connectivity index (χ0n) is 75.3. The van der Waals surface area contributed by atoms with Gasteiger partial charge in [-0.1, -0.05) is 27.0 Å². The normalized spacial score (nSPS) is 12.1. The summed E-state index contributed by atoms with van der Waals surface area (Å²) in [6.07, 6.45) is -3.09. The van der Waals surface area contributed by atoms with Gasteiger partial charge in [0.25, 0.3) is 0 Å². The Balaban J connectivity index is -0.000000966. The second-order valence-electron chi connectivity index (χ2n) is 27.6. The standard InChI is InChI=1S/C56H78O30.C15H20O9.C12H18O4.BH.U/c1-11-13-45(63)75-23-24-76-47(65)19-15-41(35(7)59)53(71)79-27-39(25-77-51(69)31(3)33(5)57)85-55(73)43(37(9)61)17-21-49(67)83-30-84-50(68)22-18-44(38(10)62)56(74)86-40(26-78-52(70)32(4)34(6)58)28-80-54(72)42(36(8)60)16-20-48(66)82-29-81-46(64)14-12-2;1-9(16)4-13(19)22-7-12(24-15(21)6-11(3)18)8-23-14(20)5-10(2)17;1-3-11(13)15-9-7-5-6-8-10-16-12(14)4-2;;/h31-32,39-44H,11-30H2,1-10H3;12H,4-8H2,1-3H3;3-4H,1-2,5-10H2;1H;/i;;;1D;. The van der Waals surface area contributed by atoms with Crippen LogP contribution in [0.4, 0.5) is 0 Å². The van der Waals surface area contributed by atoms with E-state index in [1.807, 2.05) is 0 Å². The second-order valence-corrected chi connectivity index (χ2v) is 27.6. The Labute approximate surface area is 766 Å². The maximum atomic E-state index is 13.4. The number of Topliss-reactive ketones (excluding diaryl/α,β-unsaturated/α-hetero) is 9. The topological polar surface area (TPSA) is 601 Å². The molecule has 0 aromatic carbocycles. The van der Waals surface area contributed by atoms with Gasteiger partial charge >= 0.3 is 101 Å². The molecule has 0 amide bonds. The Morgan fingerprint density at radius 1 is 0.281 bits per heavy atom. The maximum absolute atomic E-state index is 13.4. The number of carbonyl (C=O) groups is 26. The smallest absolute Gasteiger partial charge is 0.330 e. The number of carbonyl (C=O) groups excluding carboxylic acids is 26. The summed E-state index contributed by atoms with van der Waals surface area (Å²) in [5, 5.41) is 0. The van der Waals surface area contributed by atoms with Crippen LogP contribution < -0.4 is 0 Å². The van der Waals surface area contributed by atoms with E-state index in [4.69, 9.17) is 81.9 Å². The van der Waals surface area contributed by atoms with Crippen molar-refractivity contribution < 1.29 is 236 Å². The summed E-state index contributed by atoms with van der Waals surface area (Å²) in [7, 11) is 3.75. The molecular weight excluding hydrogens is 1930 g/mol. The molecule has 0 heterocycles. The van der Waals surface area contributed by atoms with Crippen molar-refractivity contribution in [2.24, 2.45) is 35.5 Å². The summed E-state index contributed by atoms with van der Waals surface area (Å²) in [5.41, 5.74) is 0. The number of hydrogen-bond acceptors (Lipinski definition) is 43. The number of rotatable bonds is 65. The van der Waals surface area contributed by atoms with E-state index in [0.717, 1.165) is 79.4 Å². The van der Waals surface area contributed by atoms with E-state index in [2.05, 4.69) is 21.5 Å². The molecule has 0 rings (SSSR count). The monoisotopic (exact) mass is 2050 g/mol. The Kier molecular flexibility index (Phi) is 70.7. The summed E-state index contributed by atoms with van der Waals surface area (Å²) in [6, 6.07) is 0. The first-order valence-electron chi connectivity index (χ1n) is 40.4. The van der Waals surface area contributed by atoms with Gasteiger partial charge < -0.3 is 80.5 Å². The first-order valence-corrected chi connectivity index (χ1v) is 39.8. The van der Waals surface area contributed by atoms with Crippen LogP contribution in [0.3, 0.4) is 0 Å². The van der Waals surface area contributed by atoms with Gasteiger partial charge in [-0.15, -0.1) is 0 Å². The summed E-state index contributed by atoms with van der Waals surface area (Å²) in [4.78, 5) is 312. The second kappa shape index (κ2) is 73.6. The average Bonchev–Trinajstić information content (AvgIpc) is 0.877. The number of ether oxygens (including phenoxy) is 17. The van der Waals surface area contributed by atoms with Crippen molar-refractivity contribution in [1.82, 2.24) is 0 Å². The fourth-order valence-corrected chi connectivity index (χ4v) is 9.13. The van der Waals surface area contributed by atoms with Crippen LogP contribution in [0.1, 0.15) is 212 Å². The zero-order chi connectivity index (χ0) is 98.6. The third kappa shape index (κ3) is 65.2. The molecule has 128 heavy (non-hydrogen) atoms. The van der Waals surface area contributed by atoms with Crippen LogP contribution in [0.15, 0.2) is 25.3 Å². The third-order valence-electron chi connectivity index (χ3n) is 16.4. The van der Waals surface area contributed by atoms with Crippen LogP contribution in [0, 0.1) is 66.6 Å². The van der Waals surface area contributed by atoms with Crippen LogP contribution in [0.2, 0.25) is 0 Å². The van der Waals surface area contributed by atoms with Crippen LogP contribution in [-0.2, 0) is 205 Å². The molecule has 714 valence electrons. The summed E-state index contributed by atoms with van der Waals surface area (Å²) < 4.78 is 89.5. The van der Waals surface area contributed by atoms with Gasteiger partial charge in [-0.05, 0) is 142 Å². The fraction of sp³-hybridized carbons (Fsp3) is 0.639. The van der Waals surface area contributed by atoms with Gasteiger partial charge in [0.2, 0.25) is 13.6 Å². The van der Waals surface area contributed by atoms with Crippen molar-refractivity contribution in [1.29, 1.82) is 1.34 Å². The number of ketones is 9. The van der Waals surface area contributed by atoms with Crippen molar-refractivity contribution in [3.63, 3.8) is 0 Å². The molecule has 0 saturated carbocycles. The van der Waals surface area contributed by atoms with Gasteiger partial charge in [-0.25, -0.2) is 9.59 Å². The van der Waals surface area contributed by atoms with E-state index >= 15 is 0 Å². The molecule has 0 aromatic rings. The molecule has 0 aromatic heterocycles. The van der Waals surface area contributed by atoms with Crippen molar-refractivity contribution in [2.75, 3.05) is 79.7 Å². The first kappa shape index (κ1) is 123. The number of unbranched alkanes of at least 4 members (excludes halogenated alkanes) is 3. The predicted octanol–water partition coefficient (Wildman–Crippen LogP) is 3.43. The van der Waals surface area contributed by atoms with E-state index in [1.165, 1.54) is 34.6 Å². The van der Waals surface area contributed by atoms with Crippen LogP contribution >= 0.6 is 0 Å². The summed E-state index contributed by atoms with van der Waals surface area (Å²) in [6.45, 7) is 16.5. The molecule has 0 aliphatic rings. The molecule has 8 unspecified atom stereocenters. The van der Waals surface area contributed by atoms with Crippen LogP contribution in [-0.4, -0.2) is 261 Å². The van der Waals surface area contributed by atoms with Gasteiger partial charge in [-0.2, -0.15) is 0 Å². The molecule has 45 heteroatoms. The Bertz CT molecular complexity index is 3720. The van der Waals surface area contributed by atoms with Gasteiger partial charge in [0.15, 0.2) is 18.3 Å². The molecule has 0 spiro atoms. The average molecular weight is 2050 g/mol.